The number of hydrogen-bond donors (Lipinski definition) is 3. The van der Waals surface area contributed by atoms with Crippen molar-refractivity contribution in [3.8, 4) is 11.3 Å². The minimum Gasteiger partial charge on any atom is -0.368 e. The number of nitrogens with two attached hydrogens (primary N) is 2. The zero-order valence-electron chi connectivity index (χ0n) is 12.2. The van der Waals surface area contributed by atoms with Crippen LogP contribution in [0.5, 0.6) is 0 Å². The van der Waals surface area contributed by atoms with Gasteiger partial charge < -0.3 is 16.8 Å². The van der Waals surface area contributed by atoms with Gasteiger partial charge in [-0.1, -0.05) is 30.3 Å². The van der Waals surface area contributed by atoms with Gasteiger partial charge in [-0.3, -0.25) is 4.79 Å². The molecule has 6 nitrogen and oxygen atoms in total. The van der Waals surface area contributed by atoms with Crippen molar-refractivity contribution in [1.29, 1.82) is 0 Å². The number of anilines is 1. The molecule has 2 atom stereocenters. The van der Waals surface area contributed by atoms with Gasteiger partial charge in [-0.2, -0.15) is 0 Å². The van der Waals surface area contributed by atoms with E-state index in [0.29, 0.717) is 11.3 Å². The Bertz CT molecular complexity index is 673. The molecule has 1 aromatic heterocycles. The highest BCUT2D eigenvalue weighted by Gasteiger charge is 2.25. The lowest BCUT2D eigenvalue weighted by molar-refractivity contribution is 0.0937. The molecule has 0 bridgehead atoms. The van der Waals surface area contributed by atoms with Crippen LogP contribution >= 0.6 is 0 Å². The number of nitrogen functional groups attached to an aromatic ring is 1. The fourth-order valence-electron chi connectivity index (χ4n) is 2.79. The molecule has 0 radical (unpaired) electrons. The Morgan fingerprint density at radius 1 is 1.23 bits per heavy atom. The molecule has 3 rings (SSSR count). The van der Waals surface area contributed by atoms with E-state index in [2.05, 4.69) is 15.3 Å². The molecule has 22 heavy (non-hydrogen) atoms. The van der Waals surface area contributed by atoms with E-state index >= 15 is 0 Å². The van der Waals surface area contributed by atoms with Crippen LogP contribution in [0.4, 0.5) is 5.95 Å². The van der Waals surface area contributed by atoms with Crippen LogP contribution in [0.15, 0.2) is 36.5 Å². The van der Waals surface area contributed by atoms with E-state index in [4.69, 9.17) is 11.5 Å². The van der Waals surface area contributed by atoms with Crippen LogP contribution in [0.2, 0.25) is 0 Å². The summed E-state index contributed by atoms with van der Waals surface area (Å²) in [6, 6.07) is 9.77. The molecule has 114 valence electrons. The summed E-state index contributed by atoms with van der Waals surface area (Å²) in [6.07, 6.45) is 4.13. The SMILES string of the molecule is Nc1ncc(C(=O)N[C@H]2CC[C@H](N)C2)c(-c2ccccc2)n1. The fraction of sp³-hybridized carbons (Fsp3) is 0.312. The van der Waals surface area contributed by atoms with E-state index in [-0.39, 0.29) is 23.9 Å². The Morgan fingerprint density at radius 2 is 2.00 bits per heavy atom. The van der Waals surface area contributed by atoms with E-state index in [9.17, 15) is 4.79 Å². The second kappa shape index (κ2) is 6.11. The van der Waals surface area contributed by atoms with Gasteiger partial charge in [0.1, 0.15) is 0 Å². The summed E-state index contributed by atoms with van der Waals surface area (Å²) >= 11 is 0. The Labute approximate surface area is 129 Å². The Morgan fingerprint density at radius 3 is 2.68 bits per heavy atom. The highest BCUT2D eigenvalue weighted by Crippen LogP contribution is 2.23. The maximum Gasteiger partial charge on any atom is 0.255 e. The van der Waals surface area contributed by atoms with Gasteiger partial charge in [-0.25, -0.2) is 9.97 Å². The van der Waals surface area contributed by atoms with Gasteiger partial charge in [-0.15, -0.1) is 0 Å². The molecule has 1 aliphatic rings. The summed E-state index contributed by atoms with van der Waals surface area (Å²) in [5.74, 6) is -0.0313. The molecule has 5 N–H and O–H groups in total. The monoisotopic (exact) mass is 297 g/mol. The highest BCUT2D eigenvalue weighted by molar-refractivity contribution is 5.99. The predicted molar refractivity (Wildman–Crippen MR) is 85.0 cm³/mol. The first-order chi connectivity index (χ1) is 10.6. The first kappa shape index (κ1) is 14.5. The van der Waals surface area contributed by atoms with E-state index < -0.39 is 0 Å². The lowest BCUT2D eigenvalue weighted by Gasteiger charge is -2.14. The number of nitrogens with one attached hydrogen (secondary N) is 1. The Hall–Kier alpha value is -2.47. The van der Waals surface area contributed by atoms with Crippen molar-refractivity contribution in [3.05, 3.63) is 42.1 Å². The number of aromatic nitrogens is 2. The molecule has 1 heterocycles. The second-order valence-corrected chi connectivity index (χ2v) is 5.60. The molecule has 1 aromatic carbocycles. The molecule has 6 heteroatoms. The first-order valence-electron chi connectivity index (χ1n) is 7.38. The molecule has 1 amide bonds. The third-order valence-corrected chi connectivity index (χ3v) is 3.91. The Kier molecular flexibility index (Phi) is 4.02. The number of benzene rings is 1. The summed E-state index contributed by atoms with van der Waals surface area (Å²) in [5.41, 5.74) is 13.4. The number of amides is 1. The van der Waals surface area contributed by atoms with Gasteiger partial charge in [-0.05, 0) is 19.3 Å². The largest absolute Gasteiger partial charge is 0.368 e. The Balaban J connectivity index is 1.88. The first-order valence-corrected chi connectivity index (χ1v) is 7.38. The molecular formula is C16H19N5O. The smallest absolute Gasteiger partial charge is 0.255 e. The lowest BCUT2D eigenvalue weighted by atomic mass is 10.1. The van der Waals surface area contributed by atoms with Crippen LogP contribution in [0.25, 0.3) is 11.3 Å². The van der Waals surface area contributed by atoms with Gasteiger partial charge in [0.15, 0.2) is 0 Å². The molecule has 1 fully saturated rings. The number of rotatable bonds is 3. The van der Waals surface area contributed by atoms with E-state index in [0.717, 1.165) is 24.8 Å². The van der Waals surface area contributed by atoms with Crippen molar-refractivity contribution < 1.29 is 4.79 Å². The predicted octanol–water partition coefficient (Wildman–Crippen LogP) is 1.34. The number of carbonyl (C=O) groups is 1. The van der Waals surface area contributed by atoms with E-state index in [1.54, 1.807) is 0 Å². The molecule has 2 aromatic rings. The highest BCUT2D eigenvalue weighted by atomic mass is 16.1. The van der Waals surface area contributed by atoms with Crippen molar-refractivity contribution in [3.63, 3.8) is 0 Å². The third kappa shape index (κ3) is 3.07. The van der Waals surface area contributed by atoms with Crippen LogP contribution in [0.1, 0.15) is 29.6 Å². The lowest BCUT2D eigenvalue weighted by Crippen LogP contribution is -2.34. The molecule has 0 saturated heterocycles. The van der Waals surface area contributed by atoms with E-state index in [1.165, 1.54) is 6.20 Å². The zero-order valence-corrected chi connectivity index (χ0v) is 12.2. The van der Waals surface area contributed by atoms with Gasteiger partial charge in [0.2, 0.25) is 5.95 Å². The number of nitrogens with zero attached hydrogens (tertiary/aromatic N) is 2. The maximum atomic E-state index is 12.5. The van der Waals surface area contributed by atoms with Crippen molar-refractivity contribution in [2.24, 2.45) is 5.73 Å². The van der Waals surface area contributed by atoms with Gasteiger partial charge >= 0.3 is 0 Å². The third-order valence-electron chi connectivity index (χ3n) is 3.91. The van der Waals surface area contributed by atoms with Crippen molar-refractivity contribution in [1.82, 2.24) is 15.3 Å². The summed E-state index contributed by atoms with van der Waals surface area (Å²) in [6.45, 7) is 0. The average Bonchev–Trinajstić information content (AvgIpc) is 2.93. The summed E-state index contributed by atoms with van der Waals surface area (Å²) in [5, 5.41) is 3.02. The second-order valence-electron chi connectivity index (χ2n) is 5.60. The van der Waals surface area contributed by atoms with Crippen molar-refractivity contribution in [2.45, 2.75) is 31.3 Å². The quantitative estimate of drug-likeness (QED) is 0.792. The van der Waals surface area contributed by atoms with Crippen LogP contribution < -0.4 is 16.8 Å². The molecule has 1 saturated carbocycles. The van der Waals surface area contributed by atoms with E-state index in [1.807, 2.05) is 30.3 Å². The van der Waals surface area contributed by atoms with Crippen LogP contribution in [-0.4, -0.2) is 28.0 Å². The van der Waals surface area contributed by atoms with Crippen LogP contribution in [0, 0.1) is 0 Å². The average molecular weight is 297 g/mol. The number of hydrogen-bond acceptors (Lipinski definition) is 5. The minimum absolute atomic E-state index is 0.115. The maximum absolute atomic E-state index is 12.5. The van der Waals surface area contributed by atoms with Gasteiger partial charge in [0.05, 0.1) is 11.3 Å². The summed E-state index contributed by atoms with van der Waals surface area (Å²) in [7, 11) is 0. The summed E-state index contributed by atoms with van der Waals surface area (Å²) in [4.78, 5) is 20.7. The zero-order chi connectivity index (χ0) is 15.5. The molecule has 0 unspecified atom stereocenters. The summed E-state index contributed by atoms with van der Waals surface area (Å²) < 4.78 is 0. The molecule has 0 aliphatic heterocycles. The fourth-order valence-corrected chi connectivity index (χ4v) is 2.79. The molecular weight excluding hydrogens is 278 g/mol. The van der Waals surface area contributed by atoms with Crippen LogP contribution in [0.3, 0.4) is 0 Å². The minimum atomic E-state index is -0.182. The molecule has 0 spiro atoms. The normalized spacial score (nSPS) is 20.8. The molecule has 1 aliphatic carbocycles. The standard InChI is InChI=1S/C16H19N5O/c17-11-6-7-12(8-11)20-15(22)13-9-19-16(18)21-14(13)10-4-2-1-3-5-10/h1-5,9,11-12H,6-8,17H2,(H,20,22)(H2,18,19,21)/t11-,12-/m0/s1. The van der Waals surface area contributed by atoms with Crippen LogP contribution in [-0.2, 0) is 0 Å². The van der Waals surface area contributed by atoms with Crippen molar-refractivity contribution in [2.75, 3.05) is 5.73 Å². The topological polar surface area (TPSA) is 107 Å². The number of carbonyl (C=O) groups excluding carboxylic acids is 1. The van der Waals surface area contributed by atoms with Gasteiger partial charge in [0, 0.05) is 23.8 Å². The van der Waals surface area contributed by atoms with Crippen molar-refractivity contribution >= 4 is 11.9 Å². The van der Waals surface area contributed by atoms with Gasteiger partial charge in [0.25, 0.3) is 5.91 Å².